The maximum atomic E-state index is 13.2. The van der Waals surface area contributed by atoms with Gasteiger partial charge in [0, 0.05) is 11.4 Å². The number of carbonyl (C=O) groups is 1. The van der Waals surface area contributed by atoms with E-state index in [2.05, 4.69) is 4.98 Å². The van der Waals surface area contributed by atoms with Gasteiger partial charge >= 0.3 is 5.97 Å². The number of ether oxygens (including phenoxy) is 1. The van der Waals surface area contributed by atoms with Gasteiger partial charge in [0.25, 0.3) is 5.19 Å². The highest BCUT2D eigenvalue weighted by Crippen LogP contribution is 2.27. The van der Waals surface area contributed by atoms with Gasteiger partial charge in [-0.15, -0.1) is 12.4 Å². The van der Waals surface area contributed by atoms with Gasteiger partial charge in [-0.3, -0.25) is 4.79 Å². The van der Waals surface area contributed by atoms with Gasteiger partial charge in [-0.2, -0.15) is 0 Å². The van der Waals surface area contributed by atoms with Crippen molar-refractivity contribution in [3.63, 3.8) is 0 Å². The summed E-state index contributed by atoms with van der Waals surface area (Å²) in [6.07, 6.45) is -0.171. The third-order valence-electron chi connectivity index (χ3n) is 2.04. The maximum Gasteiger partial charge on any atom is 0.309 e. The zero-order valence-electron chi connectivity index (χ0n) is 9.50. The number of hydrogen-bond acceptors (Lipinski definition) is 5. The number of nitrogens with zero attached hydrogens (tertiary/aromatic N) is 1. The summed E-state index contributed by atoms with van der Waals surface area (Å²) in [5.74, 6) is -1.28. The van der Waals surface area contributed by atoms with Crippen LogP contribution in [-0.4, -0.2) is 16.1 Å². The van der Waals surface area contributed by atoms with Crippen LogP contribution in [0.25, 0.3) is 0 Å². The van der Waals surface area contributed by atoms with Gasteiger partial charge < -0.3 is 15.6 Å². The van der Waals surface area contributed by atoms with Crippen LogP contribution < -0.4 is 10.5 Å². The number of benzene rings is 1. The summed E-state index contributed by atoms with van der Waals surface area (Å²) >= 11 is 1.15. The van der Waals surface area contributed by atoms with Gasteiger partial charge in [-0.25, -0.2) is 9.37 Å². The lowest BCUT2D eigenvalue weighted by Gasteiger charge is -2.02. The summed E-state index contributed by atoms with van der Waals surface area (Å²) in [5, 5.41) is 10.4. The molecule has 0 radical (unpaired) electrons. The average molecular weight is 305 g/mol. The van der Waals surface area contributed by atoms with E-state index < -0.39 is 11.8 Å². The lowest BCUT2D eigenvalue weighted by Crippen LogP contribution is -1.99. The Morgan fingerprint density at radius 3 is 2.89 bits per heavy atom. The van der Waals surface area contributed by atoms with Crippen molar-refractivity contribution in [2.45, 2.75) is 6.42 Å². The second kappa shape index (κ2) is 6.35. The molecular formula is C11H10ClFN2O3S. The van der Waals surface area contributed by atoms with E-state index in [4.69, 9.17) is 15.6 Å². The smallest absolute Gasteiger partial charge is 0.309 e. The first kappa shape index (κ1) is 15.2. The SMILES string of the molecule is Cl.Nc1ccc(Oc2nc(CC(=O)O)cs2)cc1F. The Balaban J connectivity index is 0.00000180. The number of aromatic nitrogens is 1. The van der Waals surface area contributed by atoms with Gasteiger partial charge in [0.2, 0.25) is 0 Å². The van der Waals surface area contributed by atoms with Gasteiger partial charge in [-0.1, -0.05) is 11.3 Å². The molecule has 0 aliphatic carbocycles. The number of thiazole rings is 1. The second-order valence-corrected chi connectivity index (χ2v) is 4.28. The molecule has 0 fully saturated rings. The van der Waals surface area contributed by atoms with Crippen LogP contribution in [0, 0.1) is 5.82 Å². The standard InChI is InChI=1S/C11H9FN2O3S.ClH/c12-8-4-7(1-2-9(8)13)17-11-14-6(5-18-11)3-10(15)16;/h1-2,4-5H,3,13H2,(H,15,16);1H. The van der Waals surface area contributed by atoms with Crippen molar-refractivity contribution in [2.75, 3.05) is 5.73 Å². The molecule has 0 aliphatic rings. The quantitative estimate of drug-likeness (QED) is 0.848. The number of anilines is 1. The monoisotopic (exact) mass is 304 g/mol. The molecule has 0 unspecified atom stereocenters. The summed E-state index contributed by atoms with van der Waals surface area (Å²) in [6.45, 7) is 0. The highest BCUT2D eigenvalue weighted by molar-refractivity contribution is 7.11. The Morgan fingerprint density at radius 1 is 1.53 bits per heavy atom. The zero-order chi connectivity index (χ0) is 13.1. The fourth-order valence-electron chi connectivity index (χ4n) is 1.24. The largest absolute Gasteiger partial charge is 0.481 e. The van der Waals surface area contributed by atoms with E-state index in [0.29, 0.717) is 5.69 Å². The Kier molecular flexibility index (Phi) is 5.08. The van der Waals surface area contributed by atoms with Crippen LogP contribution in [-0.2, 0) is 11.2 Å². The van der Waals surface area contributed by atoms with Crippen molar-refractivity contribution < 1.29 is 19.0 Å². The minimum absolute atomic E-state index is 0. The van der Waals surface area contributed by atoms with Crippen molar-refractivity contribution in [2.24, 2.45) is 0 Å². The summed E-state index contributed by atoms with van der Waals surface area (Å²) < 4.78 is 18.5. The van der Waals surface area contributed by atoms with Gasteiger partial charge in [0.15, 0.2) is 0 Å². The Labute approximate surface area is 118 Å². The predicted molar refractivity (Wildman–Crippen MR) is 71.6 cm³/mol. The van der Waals surface area contributed by atoms with E-state index in [9.17, 15) is 9.18 Å². The number of carboxylic acid groups (broad SMARTS) is 1. The average Bonchev–Trinajstić information content (AvgIpc) is 2.70. The zero-order valence-corrected chi connectivity index (χ0v) is 11.1. The molecule has 0 atom stereocenters. The molecule has 1 heterocycles. The van der Waals surface area contributed by atoms with E-state index >= 15 is 0 Å². The third kappa shape index (κ3) is 4.08. The molecule has 0 aliphatic heterocycles. The van der Waals surface area contributed by atoms with Crippen LogP contribution in [0.2, 0.25) is 0 Å². The maximum absolute atomic E-state index is 13.2. The number of hydrogen-bond donors (Lipinski definition) is 2. The Bertz CT molecular complexity index is 591. The highest BCUT2D eigenvalue weighted by atomic mass is 35.5. The van der Waals surface area contributed by atoms with Crippen LogP contribution in [0.4, 0.5) is 10.1 Å². The lowest BCUT2D eigenvalue weighted by atomic mass is 10.3. The number of carboxylic acids is 1. The fraction of sp³-hybridized carbons (Fsp3) is 0.0909. The highest BCUT2D eigenvalue weighted by Gasteiger charge is 2.08. The summed E-state index contributed by atoms with van der Waals surface area (Å²) in [6, 6.07) is 4.04. The molecular weight excluding hydrogens is 295 g/mol. The Morgan fingerprint density at radius 2 is 2.26 bits per heavy atom. The summed E-state index contributed by atoms with van der Waals surface area (Å²) in [4.78, 5) is 14.4. The first-order valence-corrected chi connectivity index (χ1v) is 5.81. The molecule has 0 spiro atoms. The number of halogens is 2. The van der Waals surface area contributed by atoms with E-state index in [1.807, 2.05) is 0 Å². The number of nitrogen functional groups attached to an aromatic ring is 1. The van der Waals surface area contributed by atoms with E-state index in [0.717, 1.165) is 17.4 Å². The molecule has 8 heteroatoms. The first-order chi connectivity index (χ1) is 8.54. The molecule has 0 saturated carbocycles. The topological polar surface area (TPSA) is 85.4 Å². The van der Waals surface area contributed by atoms with Crippen LogP contribution in [0.1, 0.15) is 5.69 Å². The van der Waals surface area contributed by atoms with Crippen LogP contribution in [0.5, 0.6) is 10.9 Å². The molecule has 2 rings (SSSR count). The van der Waals surface area contributed by atoms with Crippen LogP contribution in [0.15, 0.2) is 23.6 Å². The third-order valence-corrected chi connectivity index (χ3v) is 2.81. The first-order valence-electron chi connectivity index (χ1n) is 4.93. The van der Waals surface area contributed by atoms with Gasteiger partial charge in [-0.05, 0) is 12.1 Å². The molecule has 1 aromatic heterocycles. The van der Waals surface area contributed by atoms with E-state index in [1.54, 1.807) is 5.38 Å². The summed E-state index contributed by atoms with van der Waals surface area (Å²) in [7, 11) is 0. The predicted octanol–water partition coefficient (Wildman–Crippen LogP) is 2.71. The van der Waals surface area contributed by atoms with Gasteiger partial charge in [0.1, 0.15) is 11.6 Å². The van der Waals surface area contributed by atoms with E-state index in [1.165, 1.54) is 12.1 Å². The molecule has 0 amide bonds. The van der Waals surface area contributed by atoms with Crippen LogP contribution in [0.3, 0.4) is 0 Å². The number of rotatable bonds is 4. The second-order valence-electron chi connectivity index (χ2n) is 3.46. The molecule has 3 N–H and O–H groups in total. The normalized spacial score (nSPS) is 9.74. The van der Waals surface area contributed by atoms with Crippen molar-refractivity contribution in [1.29, 1.82) is 0 Å². The van der Waals surface area contributed by atoms with E-state index in [-0.39, 0.29) is 35.5 Å². The van der Waals surface area contributed by atoms with Crippen molar-refractivity contribution in [1.82, 2.24) is 4.98 Å². The molecule has 0 saturated heterocycles. The number of nitrogens with two attached hydrogens (primary N) is 1. The minimum Gasteiger partial charge on any atom is -0.481 e. The molecule has 102 valence electrons. The van der Waals surface area contributed by atoms with Crippen LogP contribution >= 0.6 is 23.7 Å². The summed E-state index contributed by atoms with van der Waals surface area (Å²) in [5.41, 5.74) is 5.77. The van der Waals surface area contributed by atoms with Gasteiger partial charge in [0.05, 0.1) is 17.8 Å². The Hall–Kier alpha value is -1.86. The molecule has 2 aromatic rings. The fourth-order valence-corrected chi connectivity index (χ4v) is 1.93. The van der Waals surface area contributed by atoms with Crippen molar-refractivity contribution >= 4 is 35.4 Å². The number of aliphatic carboxylic acids is 1. The van der Waals surface area contributed by atoms with Crippen molar-refractivity contribution in [3.8, 4) is 10.9 Å². The minimum atomic E-state index is -0.967. The molecule has 19 heavy (non-hydrogen) atoms. The molecule has 0 bridgehead atoms. The lowest BCUT2D eigenvalue weighted by molar-refractivity contribution is -0.136. The molecule has 5 nitrogen and oxygen atoms in total. The molecule has 1 aromatic carbocycles. The van der Waals surface area contributed by atoms with Crippen molar-refractivity contribution in [3.05, 3.63) is 35.1 Å².